The fourth-order valence-electron chi connectivity index (χ4n) is 2.48. The Morgan fingerprint density at radius 3 is 2.83 bits per heavy atom. The molecule has 1 aromatic heterocycles. The van der Waals surface area contributed by atoms with Crippen LogP contribution in [0.25, 0.3) is 0 Å². The van der Waals surface area contributed by atoms with Crippen LogP contribution in [0.15, 0.2) is 18.3 Å². The van der Waals surface area contributed by atoms with Gasteiger partial charge in [0.1, 0.15) is 5.82 Å². The van der Waals surface area contributed by atoms with Gasteiger partial charge in [0.25, 0.3) is 0 Å². The van der Waals surface area contributed by atoms with Gasteiger partial charge >= 0.3 is 6.03 Å². The van der Waals surface area contributed by atoms with Gasteiger partial charge in [-0.3, -0.25) is 4.79 Å². The minimum atomic E-state index is -0.285. The summed E-state index contributed by atoms with van der Waals surface area (Å²) in [4.78, 5) is 31.7. The molecular weight excluding hydrogens is 294 g/mol. The molecule has 3 amide bonds. The average molecular weight is 319 g/mol. The van der Waals surface area contributed by atoms with Crippen molar-refractivity contribution in [1.82, 2.24) is 15.2 Å². The topological polar surface area (TPSA) is 77.6 Å². The number of rotatable bonds is 5. The van der Waals surface area contributed by atoms with Gasteiger partial charge in [0.15, 0.2) is 0 Å². The van der Waals surface area contributed by atoms with Crippen LogP contribution in [0.2, 0.25) is 0 Å². The summed E-state index contributed by atoms with van der Waals surface area (Å²) in [5.41, 5.74) is 0.638. The van der Waals surface area contributed by atoms with Crippen LogP contribution < -0.4 is 15.5 Å². The zero-order valence-corrected chi connectivity index (χ0v) is 13.8. The summed E-state index contributed by atoms with van der Waals surface area (Å²) < 4.78 is 0. The van der Waals surface area contributed by atoms with Gasteiger partial charge in [-0.25, -0.2) is 9.78 Å². The number of urea groups is 1. The largest absolute Gasteiger partial charge is 0.363 e. The summed E-state index contributed by atoms with van der Waals surface area (Å²) in [5, 5.41) is 5.51. The maximum atomic E-state index is 11.9. The predicted octanol–water partition coefficient (Wildman–Crippen LogP) is 1.67. The van der Waals surface area contributed by atoms with E-state index in [1.807, 2.05) is 30.0 Å². The quantitative estimate of drug-likeness (QED) is 0.865. The Balaban J connectivity index is 1.73. The summed E-state index contributed by atoms with van der Waals surface area (Å²) in [6, 6.07) is 3.36. The monoisotopic (exact) mass is 319 g/mol. The normalized spacial score (nSPS) is 15.0. The summed E-state index contributed by atoms with van der Waals surface area (Å²) in [5.74, 6) is 1.02. The van der Waals surface area contributed by atoms with Gasteiger partial charge < -0.3 is 20.4 Å². The van der Waals surface area contributed by atoms with Crippen LogP contribution in [0.3, 0.4) is 0 Å². The van der Waals surface area contributed by atoms with Crippen molar-refractivity contribution in [2.45, 2.75) is 25.7 Å². The van der Waals surface area contributed by atoms with Crippen molar-refractivity contribution in [2.75, 3.05) is 43.9 Å². The Labute approximate surface area is 137 Å². The Morgan fingerprint density at radius 2 is 2.13 bits per heavy atom. The van der Waals surface area contributed by atoms with Crippen LogP contribution in [0.4, 0.5) is 16.3 Å². The first-order valence-corrected chi connectivity index (χ1v) is 8.02. The highest BCUT2D eigenvalue weighted by atomic mass is 16.2. The molecule has 7 heteroatoms. The lowest BCUT2D eigenvalue weighted by Crippen LogP contribution is -2.39. The third-order valence-corrected chi connectivity index (χ3v) is 3.80. The van der Waals surface area contributed by atoms with Crippen LogP contribution in [0.5, 0.6) is 0 Å². The molecule has 1 aliphatic heterocycles. The minimum Gasteiger partial charge on any atom is -0.363 e. The fourth-order valence-corrected chi connectivity index (χ4v) is 2.48. The van der Waals surface area contributed by atoms with Crippen LogP contribution >= 0.6 is 0 Å². The number of nitrogens with one attached hydrogen (secondary N) is 2. The molecule has 2 N–H and O–H groups in total. The van der Waals surface area contributed by atoms with E-state index in [0.29, 0.717) is 25.2 Å². The third-order valence-electron chi connectivity index (χ3n) is 3.80. The van der Waals surface area contributed by atoms with E-state index in [1.54, 1.807) is 12.3 Å². The molecule has 1 aromatic rings. The van der Waals surface area contributed by atoms with Crippen molar-refractivity contribution in [3.05, 3.63) is 18.3 Å². The molecule has 1 aliphatic rings. The van der Waals surface area contributed by atoms with Gasteiger partial charge in [-0.15, -0.1) is 0 Å². The summed E-state index contributed by atoms with van der Waals surface area (Å²) in [6.07, 6.45) is 5.36. The average Bonchev–Trinajstić information content (AvgIpc) is 2.73. The summed E-state index contributed by atoms with van der Waals surface area (Å²) >= 11 is 0. The zero-order chi connectivity index (χ0) is 16.7. The number of anilines is 2. The first-order chi connectivity index (χ1) is 11.1. The van der Waals surface area contributed by atoms with Crippen molar-refractivity contribution < 1.29 is 9.59 Å². The van der Waals surface area contributed by atoms with Gasteiger partial charge in [0, 0.05) is 40.2 Å². The van der Waals surface area contributed by atoms with E-state index in [2.05, 4.69) is 15.6 Å². The molecule has 0 spiro atoms. The molecule has 2 heterocycles. The lowest BCUT2D eigenvalue weighted by molar-refractivity contribution is -0.130. The predicted molar refractivity (Wildman–Crippen MR) is 90.6 cm³/mol. The molecule has 0 atom stereocenters. The number of nitrogens with zero attached hydrogens (tertiary/aromatic N) is 3. The van der Waals surface area contributed by atoms with Crippen molar-refractivity contribution in [3.63, 3.8) is 0 Å². The first kappa shape index (κ1) is 17.1. The molecular formula is C16H25N5O2. The van der Waals surface area contributed by atoms with Gasteiger partial charge in [-0.1, -0.05) is 6.42 Å². The van der Waals surface area contributed by atoms with E-state index in [4.69, 9.17) is 0 Å². The second-order valence-electron chi connectivity index (χ2n) is 5.87. The summed E-state index contributed by atoms with van der Waals surface area (Å²) in [6.45, 7) is 1.79. The van der Waals surface area contributed by atoms with Gasteiger partial charge in [0.2, 0.25) is 5.91 Å². The van der Waals surface area contributed by atoms with Crippen molar-refractivity contribution in [1.29, 1.82) is 0 Å². The Kier molecular flexibility index (Phi) is 6.19. The first-order valence-electron chi connectivity index (χ1n) is 8.02. The molecule has 0 unspecified atom stereocenters. The summed E-state index contributed by atoms with van der Waals surface area (Å²) in [7, 11) is 3.82. The zero-order valence-electron chi connectivity index (χ0n) is 13.8. The Bertz CT molecular complexity index is 530. The van der Waals surface area contributed by atoms with Crippen molar-refractivity contribution in [3.8, 4) is 0 Å². The number of hydrogen-bond acceptors (Lipinski definition) is 4. The van der Waals surface area contributed by atoms with Crippen molar-refractivity contribution >= 4 is 23.4 Å². The highest BCUT2D eigenvalue weighted by molar-refractivity contribution is 5.89. The second kappa shape index (κ2) is 8.36. The van der Waals surface area contributed by atoms with E-state index in [9.17, 15) is 9.59 Å². The van der Waals surface area contributed by atoms with E-state index in [0.717, 1.165) is 31.6 Å². The second-order valence-corrected chi connectivity index (χ2v) is 5.87. The van der Waals surface area contributed by atoms with E-state index < -0.39 is 0 Å². The molecule has 1 saturated heterocycles. The maximum Gasteiger partial charge on any atom is 0.319 e. The molecule has 7 nitrogen and oxygen atoms in total. The number of hydrogen-bond donors (Lipinski definition) is 2. The van der Waals surface area contributed by atoms with Gasteiger partial charge in [-0.05, 0) is 25.0 Å². The minimum absolute atomic E-state index is 0.188. The molecule has 0 saturated carbocycles. The third kappa shape index (κ3) is 5.43. The molecule has 0 aliphatic carbocycles. The fraction of sp³-hybridized carbons (Fsp3) is 0.562. The molecule has 23 heavy (non-hydrogen) atoms. The van der Waals surface area contributed by atoms with Gasteiger partial charge in [-0.2, -0.15) is 0 Å². The van der Waals surface area contributed by atoms with Crippen LogP contribution in [-0.2, 0) is 4.79 Å². The maximum absolute atomic E-state index is 11.9. The van der Waals surface area contributed by atoms with Crippen molar-refractivity contribution in [2.24, 2.45) is 0 Å². The lowest BCUT2D eigenvalue weighted by atomic mass is 10.2. The number of carbonyl (C=O) groups excluding carboxylic acids is 2. The standard InChI is InChI=1S/C16H25N5O2/c1-20(2)14-8-7-13(12-18-14)19-16(23)17-9-11-21-10-5-3-4-6-15(21)22/h7-8,12H,3-6,9-11H2,1-2H3,(H2,17,19,23). The van der Waals surface area contributed by atoms with E-state index in [1.165, 1.54) is 0 Å². The molecule has 0 radical (unpaired) electrons. The van der Waals surface area contributed by atoms with Crippen LogP contribution in [-0.4, -0.2) is 55.6 Å². The lowest BCUT2D eigenvalue weighted by Gasteiger charge is -2.20. The Morgan fingerprint density at radius 1 is 1.30 bits per heavy atom. The van der Waals surface area contributed by atoms with E-state index >= 15 is 0 Å². The van der Waals surface area contributed by atoms with Gasteiger partial charge in [0.05, 0.1) is 11.9 Å². The highest BCUT2D eigenvalue weighted by Crippen LogP contribution is 2.12. The number of amides is 3. The molecule has 2 rings (SSSR count). The molecule has 1 fully saturated rings. The van der Waals surface area contributed by atoms with Crippen LogP contribution in [0, 0.1) is 0 Å². The molecule has 0 bridgehead atoms. The number of carbonyl (C=O) groups is 2. The Hall–Kier alpha value is -2.31. The molecule has 126 valence electrons. The smallest absolute Gasteiger partial charge is 0.319 e. The number of aromatic nitrogens is 1. The SMILES string of the molecule is CN(C)c1ccc(NC(=O)NCCN2CCCCCC2=O)cn1. The highest BCUT2D eigenvalue weighted by Gasteiger charge is 2.16. The van der Waals surface area contributed by atoms with E-state index in [-0.39, 0.29) is 11.9 Å². The molecule has 0 aromatic carbocycles. The number of pyridine rings is 1. The van der Waals surface area contributed by atoms with Crippen LogP contribution in [0.1, 0.15) is 25.7 Å². The number of likely N-dealkylation sites (tertiary alicyclic amines) is 1.